The number of anilines is 1. The third-order valence-corrected chi connectivity index (χ3v) is 4.29. The number of nitrogens with one attached hydrogen (secondary N) is 1. The van der Waals surface area contributed by atoms with Crippen LogP contribution in [0.3, 0.4) is 0 Å². The molecule has 0 unspecified atom stereocenters. The highest BCUT2D eigenvalue weighted by Crippen LogP contribution is 2.37. The summed E-state index contributed by atoms with van der Waals surface area (Å²) in [5.74, 6) is 0.829. The molecule has 6 heteroatoms. The van der Waals surface area contributed by atoms with E-state index < -0.39 is 0 Å². The zero-order valence-electron chi connectivity index (χ0n) is 10.3. The van der Waals surface area contributed by atoms with Crippen molar-refractivity contribution < 1.29 is 4.79 Å². The number of hydrogen-bond donors (Lipinski definition) is 1. The van der Waals surface area contributed by atoms with Gasteiger partial charge in [0.15, 0.2) is 5.82 Å². The van der Waals surface area contributed by atoms with E-state index in [2.05, 4.69) is 22.5 Å². The number of aryl methyl sites for hydroxylation is 1. The van der Waals surface area contributed by atoms with Crippen molar-refractivity contribution in [3.8, 4) is 0 Å². The highest BCUT2D eigenvalue weighted by molar-refractivity contribution is 7.26. The van der Waals surface area contributed by atoms with Gasteiger partial charge in [0.2, 0.25) is 5.91 Å². The number of thiophene rings is 1. The van der Waals surface area contributed by atoms with Gasteiger partial charge in [-0.05, 0) is 6.07 Å². The molecule has 1 N–H and O–H groups in total. The van der Waals surface area contributed by atoms with E-state index in [9.17, 15) is 4.79 Å². The van der Waals surface area contributed by atoms with Gasteiger partial charge in [0, 0.05) is 29.4 Å². The molecule has 0 atom stereocenters. The van der Waals surface area contributed by atoms with Crippen molar-refractivity contribution in [3.63, 3.8) is 0 Å². The Hall–Kier alpha value is -1.59. The molecule has 0 saturated heterocycles. The first-order chi connectivity index (χ1) is 9.20. The number of rotatable bonds is 3. The zero-order valence-corrected chi connectivity index (χ0v) is 11.9. The van der Waals surface area contributed by atoms with E-state index in [1.54, 1.807) is 11.3 Å². The molecule has 0 bridgehead atoms. The molecule has 4 nitrogen and oxygen atoms in total. The average Bonchev–Trinajstić information content (AvgIpc) is 2.89. The summed E-state index contributed by atoms with van der Waals surface area (Å²) in [7, 11) is 1.89. The molecule has 3 aromatic rings. The van der Waals surface area contributed by atoms with Crippen molar-refractivity contribution in [3.05, 3.63) is 24.3 Å². The number of nitrogens with zero attached hydrogens (tertiary/aromatic N) is 2. The van der Waals surface area contributed by atoms with Gasteiger partial charge in [-0.3, -0.25) is 9.48 Å². The molecule has 0 fully saturated rings. The molecular formula is C13H12ClN3OS. The van der Waals surface area contributed by atoms with Crippen molar-refractivity contribution in [1.82, 2.24) is 9.78 Å². The molecule has 19 heavy (non-hydrogen) atoms. The minimum atomic E-state index is -0.104. The van der Waals surface area contributed by atoms with Crippen molar-refractivity contribution in [2.24, 2.45) is 7.05 Å². The minimum absolute atomic E-state index is 0.104. The van der Waals surface area contributed by atoms with Crippen LogP contribution in [0.15, 0.2) is 24.3 Å². The first-order valence-electron chi connectivity index (χ1n) is 5.90. The van der Waals surface area contributed by atoms with Gasteiger partial charge in [-0.2, -0.15) is 5.10 Å². The van der Waals surface area contributed by atoms with Crippen molar-refractivity contribution >= 4 is 55.0 Å². The van der Waals surface area contributed by atoms with E-state index in [1.165, 1.54) is 4.70 Å². The van der Waals surface area contributed by atoms with Gasteiger partial charge in [0.05, 0.1) is 10.2 Å². The second-order valence-electron chi connectivity index (χ2n) is 4.24. The largest absolute Gasteiger partial charge is 0.308 e. The molecule has 0 aliphatic carbocycles. The van der Waals surface area contributed by atoms with Crippen LogP contribution in [-0.4, -0.2) is 21.6 Å². The number of benzene rings is 1. The third-order valence-electron chi connectivity index (χ3n) is 2.94. The Kier molecular flexibility index (Phi) is 3.16. The Morgan fingerprint density at radius 2 is 2.26 bits per heavy atom. The minimum Gasteiger partial charge on any atom is -0.308 e. The van der Waals surface area contributed by atoms with E-state index in [0.29, 0.717) is 18.1 Å². The van der Waals surface area contributed by atoms with Crippen LogP contribution in [0.25, 0.3) is 20.3 Å². The molecule has 0 saturated carbocycles. The van der Waals surface area contributed by atoms with E-state index >= 15 is 0 Å². The molecule has 0 aliphatic heterocycles. The summed E-state index contributed by atoms with van der Waals surface area (Å²) in [5, 5.41) is 8.36. The number of hydrogen-bond acceptors (Lipinski definition) is 3. The Labute approximate surface area is 119 Å². The fraction of sp³-hybridized carbons (Fsp3) is 0.231. The van der Waals surface area contributed by atoms with Crippen LogP contribution in [0.5, 0.6) is 0 Å². The first kappa shape index (κ1) is 12.4. The Balaban J connectivity index is 2.13. The smallest absolute Gasteiger partial charge is 0.226 e. The molecule has 0 radical (unpaired) electrons. The number of carbonyl (C=O) groups excluding carboxylic acids is 1. The highest BCUT2D eigenvalue weighted by atomic mass is 35.5. The third kappa shape index (κ3) is 2.09. The lowest BCUT2D eigenvalue weighted by molar-refractivity contribution is -0.115. The fourth-order valence-electron chi connectivity index (χ4n) is 2.12. The Bertz CT molecular complexity index is 762. The van der Waals surface area contributed by atoms with Crippen LogP contribution in [0.1, 0.15) is 6.42 Å². The summed E-state index contributed by atoms with van der Waals surface area (Å²) in [5.41, 5.74) is 1.06. The molecular weight excluding hydrogens is 282 g/mol. The molecule has 2 aromatic heterocycles. The lowest BCUT2D eigenvalue weighted by atomic mass is 10.2. The molecule has 3 rings (SSSR count). The van der Waals surface area contributed by atoms with Gasteiger partial charge in [0.1, 0.15) is 0 Å². The maximum absolute atomic E-state index is 11.6. The lowest BCUT2D eigenvalue weighted by Crippen LogP contribution is -2.12. The number of carbonyl (C=O) groups is 1. The van der Waals surface area contributed by atoms with Crippen LogP contribution in [0.2, 0.25) is 0 Å². The second kappa shape index (κ2) is 4.83. The Morgan fingerprint density at radius 3 is 3.05 bits per heavy atom. The second-order valence-corrected chi connectivity index (χ2v) is 5.67. The summed E-state index contributed by atoms with van der Waals surface area (Å²) in [4.78, 5) is 11.6. The van der Waals surface area contributed by atoms with Gasteiger partial charge in [0.25, 0.3) is 0 Å². The maximum atomic E-state index is 11.6. The summed E-state index contributed by atoms with van der Waals surface area (Å²) in [6.07, 6.45) is 0.296. The lowest BCUT2D eigenvalue weighted by Gasteiger charge is -1.98. The van der Waals surface area contributed by atoms with E-state index in [4.69, 9.17) is 11.6 Å². The topological polar surface area (TPSA) is 46.9 Å². The number of amides is 1. The number of halogens is 1. The van der Waals surface area contributed by atoms with Crippen LogP contribution in [-0.2, 0) is 11.8 Å². The quantitative estimate of drug-likeness (QED) is 0.753. The van der Waals surface area contributed by atoms with Gasteiger partial charge >= 0.3 is 0 Å². The van der Waals surface area contributed by atoms with Crippen LogP contribution < -0.4 is 5.32 Å². The zero-order chi connectivity index (χ0) is 13.4. The van der Waals surface area contributed by atoms with Gasteiger partial charge < -0.3 is 5.32 Å². The summed E-state index contributed by atoms with van der Waals surface area (Å²) in [6, 6.07) is 8.16. The van der Waals surface area contributed by atoms with Gasteiger partial charge in [-0.25, -0.2) is 0 Å². The summed E-state index contributed by atoms with van der Waals surface area (Å²) in [6.45, 7) is 0. The monoisotopic (exact) mass is 293 g/mol. The van der Waals surface area contributed by atoms with Gasteiger partial charge in [-0.1, -0.05) is 18.2 Å². The van der Waals surface area contributed by atoms with E-state index in [0.717, 1.165) is 15.6 Å². The standard InChI is InChI=1S/C13H12ClN3OS/c1-17-11-8-4-2-3-5-9(8)19-12(11)13(16-17)15-10(18)6-7-14/h2-5H,6-7H2,1H3,(H,15,16,18). The van der Waals surface area contributed by atoms with Gasteiger partial charge in [-0.15, -0.1) is 22.9 Å². The number of fused-ring (bicyclic) bond motifs is 3. The number of aromatic nitrogens is 2. The Morgan fingerprint density at radius 1 is 1.47 bits per heavy atom. The first-order valence-corrected chi connectivity index (χ1v) is 7.26. The van der Waals surface area contributed by atoms with Crippen LogP contribution >= 0.6 is 22.9 Å². The predicted octanol–water partition coefficient (Wildman–Crippen LogP) is 3.36. The van der Waals surface area contributed by atoms with Crippen molar-refractivity contribution in [1.29, 1.82) is 0 Å². The number of alkyl halides is 1. The summed E-state index contributed by atoms with van der Waals surface area (Å²) >= 11 is 7.20. The molecule has 1 aromatic carbocycles. The van der Waals surface area contributed by atoms with Crippen molar-refractivity contribution in [2.75, 3.05) is 11.2 Å². The maximum Gasteiger partial charge on any atom is 0.226 e. The molecule has 98 valence electrons. The summed E-state index contributed by atoms with van der Waals surface area (Å²) < 4.78 is 4.01. The normalized spacial score (nSPS) is 11.3. The fourth-order valence-corrected chi connectivity index (χ4v) is 3.46. The molecule has 0 spiro atoms. The van der Waals surface area contributed by atoms with E-state index in [-0.39, 0.29) is 5.91 Å². The van der Waals surface area contributed by atoms with E-state index in [1.807, 2.05) is 23.9 Å². The highest BCUT2D eigenvalue weighted by Gasteiger charge is 2.16. The average molecular weight is 294 g/mol. The molecule has 0 aliphatic rings. The van der Waals surface area contributed by atoms with Crippen molar-refractivity contribution in [2.45, 2.75) is 6.42 Å². The van der Waals surface area contributed by atoms with Crippen LogP contribution in [0.4, 0.5) is 5.82 Å². The predicted molar refractivity (Wildman–Crippen MR) is 80.1 cm³/mol. The molecule has 2 heterocycles. The molecule has 1 amide bonds. The SMILES string of the molecule is Cn1nc(NC(=O)CCCl)c2sc3ccccc3c21. The van der Waals surface area contributed by atoms with Crippen LogP contribution in [0, 0.1) is 0 Å².